The van der Waals surface area contributed by atoms with Crippen molar-refractivity contribution in [1.29, 1.82) is 0 Å². The quantitative estimate of drug-likeness (QED) is 0.222. The van der Waals surface area contributed by atoms with E-state index in [1.165, 1.54) is 15.7 Å². The lowest BCUT2D eigenvalue weighted by molar-refractivity contribution is 0.0963. The number of aromatic hydroxyl groups is 1. The summed E-state index contributed by atoms with van der Waals surface area (Å²) in [6.45, 7) is 1.97. The standard InChI is InChI=1S/C31H33N5O3/c1-32-29(37)24-10-6-9-23(15-24)20-36-30(38)28(34-31(36)39)17-22-11-12-27-26(16-22)25(18-33-27)13-14-35(2)19-21-7-4-3-5-8-21/h3-12,15-16,18,33,38H,13-14,17,19-20H2,1-2H3,(H,32,37)(H,34,39). The Hall–Kier alpha value is -4.56. The van der Waals surface area contributed by atoms with E-state index in [9.17, 15) is 14.7 Å². The Morgan fingerprint density at radius 2 is 1.79 bits per heavy atom. The van der Waals surface area contributed by atoms with Gasteiger partial charge < -0.3 is 25.3 Å². The van der Waals surface area contributed by atoms with E-state index >= 15 is 0 Å². The Balaban J connectivity index is 1.30. The van der Waals surface area contributed by atoms with E-state index in [0.29, 0.717) is 17.7 Å². The van der Waals surface area contributed by atoms with Crippen molar-refractivity contribution in [3.8, 4) is 5.88 Å². The van der Waals surface area contributed by atoms with Gasteiger partial charge in [0.1, 0.15) is 0 Å². The smallest absolute Gasteiger partial charge is 0.328 e. The summed E-state index contributed by atoms with van der Waals surface area (Å²) in [5, 5.41) is 14.6. The van der Waals surface area contributed by atoms with Crippen molar-refractivity contribution in [2.75, 3.05) is 20.6 Å². The molecule has 0 bridgehead atoms. The highest BCUT2D eigenvalue weighted by atomic mass is 16.3. The molecule has 0 spiro atoms. The van der Waals surface area contributed by atoms with Crippen LogP contribution >= 0.6 is 0 Å². The number of benzene rings is 3. The van der Waals surface area contributed by atoms with E-state index in [4.69, 9.17) is 0 Å². The zero-order valence-electron chi connectivity index (χ0n) is 22.2. The monoisotopic (exact) mass is 523 g/mol. The minimum absolute atomic E-state index is 0.0951. The largest absolute Gasteiger partial charge is 0.493 e. The fourth-order valence-electron chi connectivity index (χ4n) is 4.95. The molecule has 2 aromatic heterocycles. The molecule has 0 radical (unpaired) electrons. The van der Waals surface area contributed by atoms with Gasteiger partial charge in [0.05, 0.1) is 12.2 Å². The second-order valence-electron chi connectivity index (χ2n) is 9.94. The van der Waals surface area contributed by atoms with Crippen molar-refractivity contribution in [2.45, 2.75) is 25.9 Å². The van der Waals surface area contributed by atoms with Crippen LogP contribution in [0.2, 0.25) is 0 Å². The number of fused-ring (bicyclic) bond motifs is 1. The molecular weight excluding hydrogens is 490 g/mol. The van der Waals surface area contributed by atoms with Gasteiger partial charge in [-0.05, 0) is 60.0 Å². The number of carbonyl (C=O) groups excluding carboxylic acids is 1. The summed E-state index contributed by atoms with van der Waals surface area (Å²) in [7, 11) is 3.70. The maximum Gasteiger partial charge on any atom is 0.328 e. The molecule has 39 heavy (non-hydrogen) atoms. The lowest BCUT2D eigenvalue weighted by Gasteiger charge is -2.16. The molecule has 4 N–H and O–H groups in total. The second kappa shape index (κ2) is 11.4. The van der Waals surface area contributed by atoms with E-state index in [1.807, 2.05) is 24.3 Å². The summed E-state index contributed by atoms with van der Waals surface area (Å²) < 4.78 is 1.29. The van der Waals surface area contributed by atoms with Crippen LogP contribution in [-0.4, -0.2) is 51.1 Å². The Labute approximate surface area is 226 Å². The number of aromatic amines is 2. The Bertz CT molecular complexity index is 1650. The van der Waals surface area contributed by atoms with E-state index in [1.54, 1.807) is 25.2 Å². The van der Waals surface area contributed by atoms with Crippen LogP contribution in [0.4, 0.5) is 0 Å². The molecule has 0 aliphatic carbocycles. The van der Waals surface area contributed by atoms with Crippen LogP contribution in [0.3, 0.4) is 0 Å². The molecule has 8 nitrogen and oxygen atoms in total. The van der Waals surface area contributed by atoms with Crippen LogP contribution in [0.5, 0.6) is 5.88 Å². The first kappa shape index (κ1) is 26.1. The number of nitrogens with one attached hydrogen (secondary N) is 3. The molecule has 0 atom stereocenters. The molecule has 0 unspecified atom stereocenters. The van der Waals surface area contributed by atoms with Crippen molar-refractivity contribution < 1.29 is 9.90 Å². The second-order valence-corrected chi connectivity index (χ2v) is 9.94. The summed E-state index contributed by atoms with van der Waals surface area (Å²) >= 11 is 0. The number of rotatable bonds is 10. The third kappa shape index (κ3) is 5.97. The highest BCUT2D eigenvalue weighted by Crippen LogP contribution is 2.24. The first-order valence-corrected chi connectivity index (χ1v) is 13.0. The van der Waals surface area contributed by atoms with E-state index in [0.717, 1.165) is 41.5 Å². The van der Waals surface area contributed by atoms with Crippen LogP contribution in [0.15, 0.2) is 83.8 Å². The summed E-state index contributed by atoms with van der Waals surface area (Å²) in [4.78, 5) is 33.1. The average Bonchev–Trinajstić information content (AvgIpc) is 3.47. The number of hydrogen-bond acceptors (Lipinski definition) is 4. The van der Waals surface area contributed by atoms with Gasteiger partial charge >= 0.3 is 5.69 Å². The van der Waals surface area contributed by atoms with E-state index in [-0.39, 0.29) is 18.3 Å². The van der Waals surface area contributed by atoms with Gasteiger partial charge in [-0.1, -0.05) is 48.5 Å². The van der Waals surface area contributed by atoms with Crippen molar-refractivity contribution in [3.63, 3.8) is 0 Å². The minimum atomic E-state index is -0.391. The van der Waals surface area contributed by atoms with E-state index < -0.39 is 5.69 Å². The molecule has 0 aliphatic heterocycles. The van der Waals surface area contributed by atoms with Gasteiger partial charge in [-0.2, -0.15) is 0 Å². The number of hydrogen-bond donors (Lipinski definition) is 4. The molecule has 5 rings (SSSR count). The predicted octanol–water partition coefficient (Wildman–Crippen LogP) is 4.04. The lowest BCUT2D eigenvalue weighted by atomic mass is 10.0. The molecule has 3 aromatic carbocycles. The number of imidazole rings is 1. The molecule has 2 heterocycles. The number of nitrogens with zero attached hydrogens (tertiary/aromatic N) is 2. The Kier molecular flexibility index (Phi) is 7.65. The maximum absolute atomic E-state index is 12.7. The fraction of sp³-hybridized carbons (Fsp3) is 0.226. The normalized spacial score (nSPS) is 11.4. The zero-order valence-corrected chi connectivity index (χ0v) is 22.2. The summed E-state index contributed by atoms with van der Waals surface area (Å²) in [6.07, 6.45) is 3.36. The molecule has 0 saturated carbocycles. The van der Waals surface area contributed by atoms with E-state index in [2.05, 4.69) is 63.8 Å². The summed E-state index contributed by atoms with van der Waals surface area (Å²) in [5.41, 5.74) is 5.89. The number of amides is 1. The maximum atomic E-state index is 12.7. The fourth-order valence-corrected chi connectivity index (χ4v) is 4.95. The van der Waals surface area contributed by atoms with Crippen LogP contribution in [0.25, 0.3) is 10.9 Å². The van der Waals surface area contributed by atoms with Crippen LogP contribution in [0, 0.1) is 0 Å². The molecule has 0 fully saturated rings. The molecule has 0 saturated heterocycles. The number of carbonyl (C=O) groups is 1. The van der Waals surface area contributed by atoms with Gasteiger partial charge in [0.25, 0.3) is 5.91 Å². The number of aromatic nitrogens is 3. The zero-order chi connectivity index (χ0) is 27.4. The average molecular weight is 524 g/mol. The Morgan fingerprint density at radius 1 is 1.00 bits per heavy atom. The third-order valence-corrected chi connectivity index (χ3v) is 7.06. The van der Waals surface area contributed by atoms with Gasteiger partial charge in [0.15, 0.2) is 0 Å². The summed E-state index contributed by atoms with van der Waals surface area (Å²) in [5.74, 6) is -0.298. The molecule has 8 heteroatoms. The first-order chi connectivity index (χ1) is 18.9. The van der Waals surface area contributed by atoms with Crippen molar-refractivity contribution in [2.24, 2.45) is 0 Å². The molecular formula is C31H33N5O3. The SMILES string of the molecule is CNC(=O)c1cccc(Cn2c(O)c(Cc3ccc4[nH]cc(CCN(C)Cc5ccccc5)c4c3)[nH]c2=O)c1. The first-order valence-electron chi connectivity index (χ1n) is 13.0. The Morgan fingerprint density at radius 3 is 2.59 bits per heavy atom. The van der Waals surface area contributed by atoms with Crippen molar-refractivity contribution in [1.82, 2.24) is 24.8 Å². The van der Waals surface area contributed by atoms with Gasteiger partial charge in [-0.25, -0.2) is 4.79 Å². The molecule has 5 aromatic rings. The van der Waals surface area contributed by atoms with Gasteiger partial charge in [0, 0.05) is 49.2 Å². The topological polar surface area (TPSA) is 106 Å². The van der Waals surface area contributed by atoms with Crippen LogP contribution in [0.1, 0.15) is 38.3 Å². The molecule has 1 amide bonds. The van der Waals surface area contributed by atoms with Crippen LogP contribution in [-0.2, 0) is 25.9 Å². The van der Waals surface area contributed by atoms with Crippen molar-refractivity contribution in [3.05, 3.63) is 123 Å². The summed E-state index contributed by atoms with van der Waals surface area (Å²) in [6, 6.07) is 23.6. The predicted molar refractivity (Wildman–Crippen MR) is 153 cm³/mol. The molecule has 200 valence electrons. The minimum Gasteiger partial charge on any atom is -0.493 e. The third-order valence-electron chi connectivity index (χ3n) is 7.06. The highest BCUT2D eigenvalue weighted by Gasteiger charge is 2.16. The number of likely N-dealkylation sites (N-methyl/N-ethyl adjacent to an activating group) is 1. The van der Waals surface area contributed by atoms with Gasteiger partial charge in [-0.3, -0.25) is 9.36 Å². The lowest BCUT2D eigenvalue weighted by Crippen LogP contribution is -2.20. The van der Waals surface area contributed by atoms with Gasteiger partial charge in [-0.15, -0.1) is 0 Å². The highest BCUT2D eigenvalue weighted by molar-refractivity contribution is 5.94. The van der Waals surface area contributed by atoms with Crippen LogP contribution < -0.4 is 11.0 Å². The number of H-pyrrole nitrogens is 2. The molecule has 0 aliphatic rings. The van der Waals surface area contributed by atoms with Crippen molar-refractivity contribution >= 4 is 16.8 Å². The van der Waals surface area contributed by atoms with Gasteiger partial charge in [0.2, 0.25) is 5.88 Å².